The molecule has 2 aliphatic heterocycles. The first kappa shape index (κ1) is 19.9. The highest BCUT2D eigenvalue weighted by Gasteiger charge is 2.56. The fourth-order valence-corrected chi connectivity index (χ4v) is 3.23. The first-order valence-electron chi connectivity index (χ1n) is 7.65. The summed E-state index contributed by atoms with van der Waals surface area (Å²) in [6.07, 6.45) is -10.1. The van der Waals surface area contributed by atoms with Gasteiger partial charge < -0.3 is 56.7 Å². The van der Waals surface area contributed by atoms with E-state index in [1.165, 1.54) is 0 Å². The van der Waals surface area contributed by atoms with Gasteiger partial charge in [-0.2, -0.15) is 0 Å². The van der Waals surface area contributed by atoms with Crippen LogP contribution in [-0.2, 0) is 9.47 Å². The van der Waals surface area contributed by atoms with Crippen LogP contribution in [0, 0.1) is 0 Å². The Bertz CT molecular complexity index is 424. The van der Waals surface area contributed by atoms with Crippen molar-refractivity contribution in [2.24, 2.45) is 11.5 Å². The average Bonchev–Trinajstić information content (AvgIpc) is 2.57. The van der Waals surface area contributed by atoms with Crippen LogP contribution in [0.1, 0.15) is 6.42 Å². The van der Waals surface area contributed by atoms with Crippen LogP contribution >= 0.6 is 0 Å². The lowest BCUT2D eigenvalue weighted by atomic mass is 9.76. The molecule has 2 aliphatic rings. The highest BCUT2D eigenvalue weighted by Crippen LogP contribution is 2.35. The van der Waals surface area contributed by atoms with Crippen molar-refractivity contribution in [3.8, 4) is 0 Å². The molecule has 24 heavy (non-hydrogen) atoms. The number of aliphatic hydroxyl groups excluding tert-OH is 6. The van der Waals surface area contributed by atoms with Gasteiger partial charge in [-0.3, -0.25) is 0 Å². The number of rotatable bonds is 4. The molecule has 0 aliphatic carbocycles. The molecule has 2 saturated heterocycles. The number of nitrogens with two attached hydrogens (primary N) is 2. The zero-order chi connectivity index (χ0) is 18.2. The molecule has 2 fully saturated rings. The van der Waals surface area contributed by atoms with Gasteiger partial charge in [0.2, 0.25) is 0 Å². The normalized spacial score (nSPS) is 53.1. The Morgan fingerprint density at radius 3 is 2.00 bits per heavy atom. The van der Waals surface area contributed by atoms with Crippen LogP contribution in [-0.4, -0.2) is 110 Å². The van der Waals surface area contributed by atoms with Crippen molar-refractivity contribution >= 4 is 0 Å². The van der Waals surface area contributed by atoms with Gasteiger partial charge in [-0.25, -0.2) is 0 Å². The first-order chi connectivity index (χ1) is 11.2. The minimum Gasteiger partial charge on any atom is -0.394 e. The van der Waals surface area contributed by atoms with Gasteiger partial charge in [-0.1, -0.05) is 0 Å². The summed E-state index contributed by atoms with van der Waals surface area (Å²) in [7, 11) is 0. The van der Waals surface area contributed by atoms with E-state index in [2.05, 4.69) is 0 Å². The molecule has 0 saturated carbocycles. The number of hydrogen-bond donors (Lipinski definition) is 9. The predicted octanol–water partition coefficient (Wildman–Crippen LogP) is -5.69. The molecule has 10 atom stereocenters. The molecule has 2 heterocycles. The number of hydrogen-bond acceptors (Lipinski definition) is 11. The van der Waals surface area contributed by atoms with Crippen LogP contribution in [0.3, 0.4) is 0 Å². The smallest absolute Gasteiger partial charge is 0.173 e. The van der Waals surface area contributed by atoms with Gasteiger partial charge in [0, 0.05) is 6.42 Å². The van der Waals surface area contributed by atoms with E-state index >= 15 is 0 Å². The Balaban J connectivity index is 2.22. The number of ether oxygens (including phenoxy) is 2. The maximum absolute atomic E-state index is 10.8. The fraction of sp³-hybridized carbons (Fsp3) is 1.00. The summed E-state index contributed by atoms with van der Waals surface area (Å²) in [6.45, 7) is -1.32. The number of aliphatic hydroxyl groups is 7. The van der Waals surface area contributed by atoms with Crippen LogP contribution in [0.2, 0.25) is 0 Å². The SMILES string of the molecule is N[C@@H]1[C@@H](O)[C@H](O)[C@@H](CO)O[C@H]1C[C@]1(O)[C@H](O)[C@@H](N)C(O)O[C@@H]1CO. The quantitative estimate of drug-likeness (QED) is 0.232. The Morgan fingerprint density at radius 2 is 1.46 bits per heavy atom. The molecular weight excluding hydrogens is 328 g/mol. The van der Waals surface area contributed by atoms with Crippen LogP contribution in [0.15, 0.2) is 0 Å². The van der Waals surface area contributed by atoms with Crippen LogP contribution < -0.4 is 11.5 Å². The molecule has 11 N–H and O–H groups in total. The molecule has 1 unspecified atom stereocenters. The van der Waals surface area contributed by atoms with Gasteiger partial charge in [0.25, 0.3) is 0 Å². The third-order valence-corrected chi connectivity index (χ3v) is 4.85. The molecule has 0 aromatic carbocycles. The van der Waals surface area contributed by atoms with Crippen molar-refractivity contribution in [1.29, 1.82) is 0 Å². The van der Waals surface area contributed by atoms with Crippen LogP contribution in [0.5, 0.6) is 0 Å². The lowest BCUT2D eigenvalue weighted by molar-refractivity contribution is -0.301. The lowest BCUT2D eigenvalue weighted by Crippen LogP contribution is -2.72. The molecule has 0 bridgehead atoms. The molecule has 0 aromatic rings. The maximum Gasteiger partial charge on any atom is 0.173 e. The van der Waals surface area contributed by atoms with Crippen molar-refractivity contribution in [1.82, 2.24) is 0 Å². The summed E-state index contributed by atoms with van der Waals surface area (Å²) in [5.41, 5.74) is 9.27. The van der Waals surface area contributed by atoms with E-state index < -0.39 is 80.2 Å². The first-order valence-corrected chi connectivity index (χ1v) is 7.65. The van der Waals surface area contributed by atoms with E-state index in [1.807, 2.05) is 0 Å². The molecule has 0 radical (unpaired) electrons. The topological polar surface area (TPSA) is 212 Å². The Morgan fingerprint density at radius 1 is 0.833 bits per heavy atom. The Hall–Kier alpha value is -0.440. The van der Waals surface area contributed by atoms with E-state index in [1.54, 1.807) is 0 Å². The minimum absolute atomic E-state index is 0.415. The van der Waals surface area contributed by atoms with Crippen molar-refractivity contribution in [3.05, 3.63) is 0 Å². The van der Waals surface area contributed by atoms with Crippen molar-refractivity contribution < 1.29 is 45.2 Å². The van der Waals surface area contributed by atoms with Gasteiger partial charge >= 0.3 is 0 Å². The Labute approximate surface area is 138 Å². The minimum atomic E-state index is -2.13. The molecule has 142 valence electrons. The van der Waals surface area contributed by atoms with Crippen molar-refractivity contribution in [2.45, 2.75) is 67.0 Å². The zero-order valence-electron chi connectivity index (χ0n) is 12.9. The highest BCUT2D eigenvalue weighted by molar-refractivity contribution is 5.07. The van der Waals surface area contributed by atoms with Gasteiger partial charge in [0.1, 0.15) is 36.1 Å². The monoisotopic (exact) mass is 354 g/mol. The van der Waals surface area contributed by atoms with Gasteiger partial charge in [-0.05, 0) is 0 Å². The van der Waals surface area contributed by atoms with Crippen molar-refractivity contribution in [3.63, 3.8) is 0 Å². The van der Waals surface area contributed by atoms with E-state index in [-0.39, 0.29) is 0 Å². The lowest BCUT2D eigenvalue weighted by Gasteiger charge is -2.50. The molecule has 0 spiro atoms. The maximum atomic E-state index is 10.8. The zero-order valence-corrected chi connectivity index (χ0v) is 12.9. The second-order valence-corrected chi connectivity index (χ2v) is 6.37. The largest absolute Gasteiger partial charge is 0.394 e. The third-order valence-electron chi connectivity index (χ3n) is 4.85. The molecule has 11 heteroatoms. The summed E-state index contributed by atoms with van der Waals surface area (Å²) in [6, 6.07) is -2.48. The second kappa shape index (κ2) is 7.43. The van der Waals surface area contributed by atoms with Gasteiger partial charge in [0.05, 0.1) is 31.4 Å². The summed E-state index contributed by atoms with van der Waals surface area (Å²) < 4.78 is 10.4. The van der Waals surface area contributed by atoms with Gasteiger partial charge in [0.15, 0.2) is 6.29 Å². The predicted molar refractivity (Wildman–Crippen MR) is 77.3 cm³/mol. The molecule has 0 aromatic heterocycles. The Kier molecular flexibility index (Phi) is 6.16. The molecule has 2 rings (SSSR count). The van der Waals surface area contributed by atoms with Crippen molar-refractivity contribution in [2.75, 3.05) is 13.2 Å². The molecule has 0 amide bonds. The average molecular weight is 354 g/mol. The second-order valence-electron chi connectivity index (χ2n) is 6.37. The van der Waals surface area contributed by atoms with E-state index in [4.69, 9.17) is 20.9 Å². The van der Waals surface area contributed by atoms with E-state index in [0.717, 1.165) is 0 Å². The summed E-state index contributed by atoms with van der Waals surface area (Å²) in [5, 5.41) is 69.0. The fourth-order valence-electron chi connectivity index (χ4n) is 3.23. The third kappa shape index (κ3) is 3.30. The van der Waals surface area contributed by atoms with Crippen LogP contribution in [0.4, 0.5) is 0 Å². The van der Waals surface area contributed by atoms with E-state index in [9.17, 15) is 35.7 Å². The van der Waals surface area contributed by atoms with Gasteiger partial charge in [-0.15, -0.1) is 0 Å². The standard InChI is InChI=1S/C13H26N2O9/c14-7-4(23-5(2-16)9(18)10(7)19)1-13(22)6(3-17)24-12(21)8(15)11(13)20/h4-12,16-22H,1-3,14-15H2/t4-,5+,6+,7-,8+,9+,10+,11+,12?,13+/m0/s1. The summed E-state index contributed by atoms with van der Waals surface area (Å²) >= 11 is 0. The van der Waals surface area contributed by atoms with E-state index in [0.29, 0.717) is 0 Å². The molecular formula is C13H26N2O9. The van der Waals surface area contributed by atoms with Crippen LogP contribution in [0.25, 0.3) is 0 Å². The highest BCUT2D eigenvalue weighted by atomic mass is 16.6. The summed E-state index contributed by atoms with van der Waals surface area (Å²) in [4.78, 5) is 0. The molecule has 11 nitrogen and oxygen atoms in total. The summed E-state index contributed by atoms with van der Waals surface area (Å²) in [5.74, 6) is 0.